The van der Waals surface area contributed by atoms with E-state index in [1.807, 2.05) is 13.0 Å². The zero-order valence-electron chi connectivity index (χ0n) is 16.1. The van der Waals surface area contributed by atoms with Crippen LogP contribution in [0, 0.1) is 26.2 Å². The second kappa shape index (κ2) is 8.21. The third-order valence-electron chi connectivity index (χ3n) is 4.32. The first-order valence-corrected chi connectivity index (χ1v) is 10.3. The van der Waals surface area contributed by atoms with Gasteiger partial charge in [-0.1, -0.05) is 30.2 Å². The summed E-state index contributed by atoms with van der Waals surface area (Å²) in [7, 11) is -3.84. The minimum absolute atomic E-state index is 0.00660. The van der Waals surface area contributed by atoms with E-state index in [0.717, 1.165) is 5.56 Å². The predicted octanol–water partition coefficient (Wildman–Crippen LogP) is 4.34. The molecule has 0 radical (unpaired) electrons. The Bertz CT molecular complexity index is 1220. The molecule has 6 heteroatoms. The van der Waals surface area contributed by atoms with Gasteiger partial charge in [0, 0.05) is 22.5 Å². The number of benzene rings is 3. The van der Waals surface area contributed by atoms with Gasteiger partial charge in [0.25, 0.3) is 15.9 Å². The van der Waals surface area contributed by atoms with Crippen LogP contribution < -0.4 is 10.0 Å². The molecule has 146 valence electrons. The Morgan fingerprint density at radius 3 is 2.38 bits per heavy atom. The highest BCUT2D eigenvalue weighted by Crippen LogP contribution is 2.21. The van der Waals surface area contributed by atoms with Crippen LogP contribution in [0.5, 0.6) is 0 Å². The molecule has 0 fully saturated rings. The summed E-state index contributed by atoms with van der Waals surface area (Å²) < 4.78 is 28.1. The van der Waals surface area contributed by atoms with Crippen molar-refractivity contribution in [3.05, 3.63) is 89.0 Å². The molecule has 0 aromatic heterocycles. The molecule has 0 unspecified atom stereocenters. The quantitative estimate of drug-likeness (QED) is 0.621. The maximum absolute atomic E-state index is 12.8. The third-order valence-corrected chi connectivity index (χ3v) is 5.70. The van der Waals surface area contributed by atoms with Crippen LogP contribution in [0.1, 0.15) is 27.0 Å². The SMILES string of the molecule is C#Cc1cccc(NC(=O)c2cc(S(=O)(=O)Nc3cccc(C)c3)ccc2C)c1. The van der Waals surface area contributed by atoms with Crippen molar-refractivity contribution in [2.24, 2.45) is 0 Å². The molecule has 0 saturated heterocycles. The molecule has 2 N–H and O–H groups in total. The van der Waals surface area contributed by atoms with Crippen LogP contribution in [0.15, 0.2) is 71.6 Å². The number of anilines is 2. The van der Waals surface area contributed by atoms with E-state index in [0.29, 0.717) is 22.5 Å². The van der Waals surface area contributed by atoms with Gasteiger partial charge in [0.1, 0.15) is 0 Å². The van der Waals surface area contributed by atoms with Gasteiger partial charge >= 0.3 is 0 Å². The Kier molecular flexibility index (Phi) is 5.71. The summed E-state index contributed by atoms with van der Waals surface area (Å²) in [5, 5.41) is 2.76. The number of carbonyl (C=O) groups is 1. The van der Waals surface area contributed by atoms with E-state index in [9.17, 15) is 13.2 Å². The number of hydrogen-bond acceptors (Lipinski definition) is 3. The number of sulfonamides is 1. The van der Waals surface area contributed by atoms with Crippen LogP contribution >= 0.6 is 0 Å². The van der Waals surface area contributed by atoms with E-state index in [-0.39, 0.29) is 10.5 Å². The van der Waals surface area contributed by atoms with Crippen LogP contribution in [0.3, 0.4) is 0 Å². The number of rotatable bonds is 5. The van der Waals surface area contributed by atoms with Gasteiger partial charge in [-0.25, -0.2) is 8.42 Å². The second-order valence-corrected chi connectivity index (χ2v) is 8.31. The Morgan fingerprint density at radius 2 is 1.66 bits per heavy atom. The fourth-order valence-electron chi connectivity index (χ4n) is 2.82. The maximum Gasteiger partial charge on any atom is 0.261 e. The molecule has 0 saturated carbocycles. The lowest BCUT2D eigenvalue weighted by Gasteiger charge is -2.12. The van der Waals surface area contributed by atoms with Crippen molar-refractivity contribution in [2.75, 3.05) is 10.0 Å². The molecule has 1 amide bonds. The summed E-state index contributed by atoms with van der Waals surface area (Å²) in [4.78, 5) is 12.7. The zero-order valence-corrected chi connectivity index (χ0v) is 16.9. The summed E-state index contributed by atoms with van der Waals surface area (Å²) >= 11 is 0. The zero-order chi connectivity index (χ0) is 21.0. The van der Waals surface area contributed by atoms with Crippen LogP contribution in [0.2, 0.25) is 0 Å². The number of nitrogens with one attached hydrogen (secondary N) is 2. The van der Waals surface area contributed by atoms with Gasteiger partial charge < -0.3 is 5.32 Å². The topological polar surface area (TPSA) is 75.3 Å². The molecular formula is C23H20N2O3S. The van der Waals surface area contributed by atoms with Gasteiger partial charge in [-0.05, 0) is 67.4 Å². The van der Waals surface area contributed by atoms with E-state index in [2.05, 4.69) is 16.0 Å². The Labute approximate surface area is 170 Å². The highest BCUT2D eigenvalue weighted by atomic mass is 32.2. The fraction of sp³-hybridized carbons (Fsp3) is 0.0870. The summed E-state index contributed by atoms with van der Waals surface area (Å²) in [6.07, 6.45) is 5.39. The molecule has 0 spiro atoms. The van der Waals surface area contributed by atoms with Crippen molar-refractivity contribution in [1.29, 1.82) is 0 Å². The molecule has 0 aliphatic rings. The molecule has 0 atom stereocenters. The van der Waals surface area contributed by atoms with Crippen molar-refractivity contribution in [3.63, 3.8) is 0 Å². The Balaban J connectivity index is 1.89. The van der Waals surface area contributed by atoms with Crippen LogP contribution in [-0.2, 0) is 10.0 Å². The van der Waals surface area contributed by atoms with E-state index >= 15 is 0 Å². The average Bonchev–Trinajstić information content (AvgIpc) is 2.68. The normalized spacial score (nSPS) is 10.8. The van der Waals surface area contributed by atoms with E-state index < -0.39 is 15.9 Å². The maximum atomic E-state index is 12.8. The van der Waals surface area contributed by atoms with Crippen LogP contribution in [0.4, 0.5) is 11.4 Å². The second-order valence-electron chi connectivity index (χ2n) is 6.63. The van der Waals surface area contributed by atoms with Crippen molar-refractivity contribution in [2.45, 2.75) is 18.7 Å². The van der Waals surface area contributed by atoms with Crippen LogP contribution in [0.25, 0.3) is 0 Å². The number of terminal acetylenes is 1. The molecule has 29 heavy (non-hydrogen) atoms. The van der Waals surface area contributed by atoms with Crippen molar-refractivity contribution in [3.8, 4) is 12.3 Å². The number of carbonyl (C=O) groups excluding carboxylic acids is 1. The average molecular weight is 404 g/mol. The summed E-state index contributed by atoms with van der Waals surface area (Å²) in [6.45, 7) is 3.62. The Morgan fingerprint density at radius 1 is 0.931 bits per heavy atom. The predicted molar refractivity (Wildman–Crippen MR) is 115 cm³/mol. The van der Waals surface area contributed by atoms with Crippen molar-refractivity contribution in [1.82, 2.24) is 0 Å². The van der Waals surface area contributed by atoms with Gasteiger partial charge in [0.05, 0.1) is 4.90 Å². The molecule has 3 aromatic rings. The summed E-state index contributed by atoms with van der Waals surface area (Å²) in [5.74, 6) is 2.10. The molecule has 3 rings (SSSR count). The van der Waals surface area contributed by atoms with Crippen molar-refractivity contribution >= 4 is 27.3 Å². The number of aryl methyl sites for hydroxylation is 2. The van der Waals surface area contributed by atoms with Gasteiger partial charge in [0.2, 0.25) is 0 Å². The minimum Gasteiger partial charge on any atom is -0.322 e. The number of hydrogen-bond donors (Lipinski definition) is 2. The lowest BCUT2D eigenvalue weighted by atomic mass is 10.1. The smallest absolute Gasteiger partial charge is 0.261 e. The van der Waals surface area contributed by atoms with Crippen LogP contribution in [-0.4, -0.2) is 14.3 Å². The highest BCUT2D eigenvalue weighted by Gasteiger charge is 2.18. The summed E-state index contributed by atoms with van der Waals surface area (Å²) in [5.41, 5.74) is 3.49. The van der Waals surface area contributed by atoms with Crippen molar-refractivity contribution < 1.29 is 13.2 Å². The monoisotopic (exact) mass is 404 g/mol. The lowest BCUT2D eigenvalue weighted by Crippen LogP contribution is -2.17. The van der Waals surface area contributed by atoms with E-state index in [1.54, 1.807) is 55.5 Å². The molecule has 0 aliphatic heterocycles. The highest BCUT2D eigenvalue weighted by molar-refractivity contribution is 7.92. The molecule has 5 nitrogen and oxygen atoms in total. The molecule has 0 aliphatic carbocycles. The molecule has 0 heterocycles. The van der Waals surface area contributed by atoms with Gasteiger partial charge in [0.15, 0.2) is 0 Å². The first kappa shape index (κ1) is 20.2. The van der Waals surface area contributed by atoms with Gasteiger partial charge in [-0.15, -0.1) is 6.42 Å². The van der Waals surface area contributed by atoms with Gasteiger partial charge in [-0.2, -0.15) is 0 Å². The minimum atomic E-state index is -3.84. The fourth-order valence-corrected chi connectivity index (χ4v) is 3.90. The first-order valence-electron chi connectivity index (χ1n) is 8.87. The largest absolute Gasteiger partial charge is 0.322 e. The standard InChI is InChI=1S/C23H20N2O3S/c1-4-18-8-6-9-19(14-18)24-23(26)22-15-21(12-11-17(22)3)29(27,28)25-20-10-5-7-16(2)13-20/h1,5-15,25H,2-3H3,(H,24,26). The first-order chi connectivity index (χ1) is 13.8. The van der Waals surface area contributed by atoms with E-state index in [1.165, 1.54) is 12.1 Å². The molecule has 0 bridgehead atoms. The van der Waals surface area contributed by atoms with E-state index in [4.69, 9.17) is 6.42 Å². The lowest BCUT2D eigenvalue weighted by molar-refractivity contribution is 0.102. The summed E-state index contributed by atoms with van der Waals surface area (Å²) in [6, 6.07) is 18.4. The molecule has 3 aromatic carbocycles. The molecular weight excluding hydrogens is 384 g/mol. The Hall–Kier alpha value is -3.56. The third kappa shape index (κ3) is 4.84. The number of amides is 1. The van der Waals surface area contributed by atoms with Gasteiger partial charge in [-0.3, -0.25) is 9.52 Å².